The van der Waals surface area contributed by atoms with Gasteiger partial charge in [-0.25, -0.2) is 0 Å². The highest BCUT2D eigenvalue weighted by Gasteiger charge is 2.13. The Labute approximate surface area is 74.0 Å². The van der Waals surface area contributed by atoms with Crippen LogP contribution in [-0.2, 0) is 6.42 Å². The summed E-state index contributed by atoms with van der Waals surface area (Å²) in [6.45, 7) is 4.61. The van der Waals surface area contributed by atoms with Crippen molar-refractivity contribution in [1.82, 2.24) is 0 Å². The van der Waals surface area contributed by atoms with Crippen molar-refractivity contribution < 1.29 is 0 Å². The Kier molecular flexibility index (Phi) is 2.03. The van der Waals surface area contributed by atoms with Gasteiger partial charge < -0.3 is 4.90 Å². The molecule has 1 saturated heterocycles. The molecule has 0 N–H and O–H groups in total. The van der Waals surface area contributed by atoms with Crippen LogP contribution in [0.3, 0.4) is 0 Å². The van der Waals surface area contributed by atoms with Crippen molar-refractivity contribution in [2.45, 2.75) is 19.8 Å². The van der Waals surface area contributed by atoms with Gasteiger partial charge in [0.2, 0.25) is 0 Å². The SMILES string of the molecule is CCc1cc[c]c(N2CCC2)c1. The highest BCUT2D eigenvalue weighted by atomic mass is 15.2. The molecule has 1 aliphatic rings. The van der Waals surface area contributed by atoms with Gasteiger partial charge in [-0.1, -0.05) is 19.1 Å². The summed E-state index contributed by atoms with van der Waals surface area (Å²) in [6, 6.07) is 9.70. The molecule has 0 atom stereocenters. The summed E-state index contributed by atoms with van der Waals surface area (Å²) in [6.07, 6.45) is 2.46. The minimum atomic E-state index is 1.12. The fraction of sp³-hybridized carbons (Fsp3) is 0.455. The average molecular weight is 160 g/mol. The van der Waals surface area contributed by atoms with Gasteiger partial charge in [-0.05, 0) is 24.5 Å². The maximum absolute atomic E-state index is 3.27. The number of benzene rings is 1. The van der Waals surface area contributed by atoms with Gasteiger partial charge in [-0.2, -0.15) is 0 Å². The minimum Gasteiger partial charge on any atom is -0.371 e. The summed E-state index contributed by atoms with van der Waals surface area (Å²) in [7, 11) is 0. The van der Waals surface area contributed by atoms with Crippen molar-refractivity contribution in [2.24, 2.45) is 0 Å². The molecule has 1 aromatic carbocycles. The van der Waals surface area contributed by atoms with Crippen LogP contribution in [0.2, 0.25) is 0 Å². The zero-order chi connectivity index (χ0) is 8.39. The summed E-state index contributed by atoms with van der Waals surface area (Å²) < 4.78 is 0. The first-order chi connectivity index (χ1) is 5.90. The summed E-state index contributed by atoms with van der Waals surface area (Å²) in [4.78, 5) is 2.37. The predicted molar refractivity (Wildman–Crippen MR) is 51.5 cm³/mol. The van der Waals surface area contributed by atoms with Crippen LogP contribution in [0.1, 0.15) is 18.9 Å². The van der Waals surface area contributed by atoms with E-state index in [1.165, 1.54) is 30.8 Å². The lowest BCUT2D eigenvalue weighted by Crippen LogP contribution is -2.37. The molecular weight excluding hydrogens is 146 g/mol. The van der Waals surface area contributed by atoms with E-state index in [0.29, 0.717) is 0 Å². The lowest BCUT2D eigenvalue weighted by Gasteiger charge is -2.33. The molecule has 0 spiro atoms. The monoisotopic (exact) mass is 160 g/mol. The maximum atomic E-state index is 3.27. The highest BCUT2D eigenvalue weighted by molar-refractivity contribution is 5.49. The maximum Gasteiger partial charge on any atom is 0.0449 e. The minimum absolute atomic E-state index is 1.12. The summed E-state index contributed by atoms with van der Waals surface area (Å²) in [5.74, 6) is 0. The van der Waals surface area contributed by atoms with Crippen molar-refractivity contribution in [3.05, 3.63) is 29.8 Å². The predicted octanol–water partition coefficient (Wildman–Crippen LogP) is 2.26. The van der Waals surface area contributed by atoms with Crippen LogP contribution < -0.4 is 4.90 Å². The van der Waals surface area contributed by atoms with Crippen LogP contribution in [-0.4, -0.2) is 13.1 Å². The van der Waals surface area contributed by atoms with Gasteiger partial charge in [0.15, 0.2) is 0 Å². The molecule has 0 saturated carbocycles. The molecule has 63 valence electrons. The second kappa shape index (κ2) is 3.18. The molecule has 0 unspecified atom stereocenters. The number of hydrogen-bond donors (Lipinski definition) is 0. The number of hydrogen-bond acceptors (Lipinski definition) is 1. The van der Waals surface area contributed by atoms with E-state index in [2.05, 4.69) is 30.0 Å². The fourth-order valence-electron chi connectivity index (χ4n) is 1.46. The first kappa shape index (κ1) is 7.66. The van der Waals surface area contributed by atoms with Gasteiger partial charge in [0, 0.05) is 24.8 Å². The molecule has 1 aromatic rings. The molecule has 0 aromatic heterocycles. The standard InChI is InChI=1S/C11H14N/c1-2-10-5-3-6-11(9-10)12-7-4-8-12/h3,5,9H,2,4,7-8H2,1H3. The highest BCUT2D eigenvalue weighted by Crippen LogP contribution is 2.20. The van der Waals surface area contributed by atoms with E-state index >= 15 is 0 Å². The topological polar surface area (TPSA) is 3.24 Å². The van der Waals surface area contributed by atoms with Gasteiger partial charge in [0.05, 0.1) is 0 Å². The summed E-state index contributed by atoms with van der Waals surface area (Å²) in [5.41, 5.74) is 2.69. The largest absolute Gasteiger partial charge is 0.371 e. The molecule has 0 amide bonds. The smallest absolute Gasteiger partial charge is 0.0449 e. The lowest BCUT2D eigenvalue weighted by atomic mass is 10.1. The zero-order valence-electron chi connectivity index (χ0n) is 7.51. The van der Waals surface area contributed by atoms with Gasteiger partial charge in [0.1, 0.15) is 0 Å². The molecule has 1 fully saturated rings. The first-order valence-electron chi connectivity index (χ1n) is 4.65. The quantitative estimate of drug-likeness (QED) is 0.641. The van der Waals surface area contributed by atoms with E-state index in [1.807, 2.05) is 6.07 Å². The van der Waals surface area contributed by atoms with E-state index in [-0.39, 0.29) is 0 Å². The summed E-state index contributed by atoms with van der Waals surface area (Å²) >= 11 is 0. The molecular formula is C11H14N. The third-order valence-corrected chi connectivity index (χ3v) is 2.46. The van der Waals surface area contributed by atoms with Crippen LogP contribution in [0, 0.1) is 6.07 Å². The Bertz CT molecular complexity index is 263. The van der Waals surface area contributed by atoms with Crippen molar-refractivity contribution in [1.29, 1.82) is 0 Å². The molecule has 1 radical (unpaired) electrons. The third kappa shape index (κ3) is 1.31. The number of aryl methyl sites for hydroxylation is 1. The lowest BCUT2D eigenvalue weighted by molar-refractivity contribution is 0.617. The van der Waals surface area contributed by atoms with E-state index in [1.54, 1.807) is 0 Å². The fourth-order valence-corrected chi connectivity index (χ4v) is 1.46. The van der Waals surface area contributed by atoms with E-state index in [4.69, 9.17) is 0 Å². The van der Waals surface area contributed by atoms with Crippen molar-refractivity contribution in [2.75, 3.05) is 18.0 Å². The first-order valence-corrected chi connectivity index (χ1v) is 4.65. The second-order valence-corrected chi connectivity index (χ2v) is 3.28. The average Bonchev–Trinajstić information content (AvgIpc) is 2.02. The molecule has 1 heteroatoms. The van der Waals surface area contributed by atoms with Crippen LogP contribution in [0.15, 0.2) is 18.2 Å². The molecule has 2 rings (SSSR count). The molecule has 0 aliphatic carbocycles. The van der Waals surface area contributed by atoms with Crippen molar-refractivity contribution >= 4 is 5.69 Å². The second-order valence-electron chi connectivity index (χ2n) is 3.28. The summed E-state index contributed by atoms with van der Waals surface area (Å²) in [5, 5.41) is 0. The Balaban J connectivity index is 2.19. The van der Waals surface area contributed by atoms with Crippen molar-refractivity contribution in [3.63, 3.8) is 0 Å². The van der Waals surface area contributed by atoms with E-state index < -0.39 is 0 Å². The van der Waals surface area contributed by atoms with Gasteiger partial charge in [-0.15, -0.1) is 0 Å². The Morgan fingerprint density at radius 2 is 2.33 bits per heavy atom. The van der Waals surface area contributed by atoms with E-state index in [9.17, 15) is 0 Å². The Morgan fingerprint density at radius 1 is 1.50 bits per heavy atom. The third-order valence-electron chi connectivity index (χ3n) is 2.46. The number of rotatable bonds is 2. The van der Waals surface area contributed by atoms with Crippen LogP contribution in [0.4, 0.5) is 5.69 Å². The Morgan fingerprint density at radius 3 is 2.92 bits per heavy atom. The van der Waals surface area contributed by atoms with Gasteiger partial charge >= 0.3 is 0 Å². The van der Waals surface area contributed by atoms with Gasteiger partial charge in [0.25, 0.3) is 0 Å². The van der Waals surface area contributed by atoms with Gasteiger partial charge in [-0.3, -0.25) is 0 Å². The molecule has 0 bridgehead atoms. The van der Waals surface area contributed by atoms with Crippen LogP contribution in [0.5, 0.6) is 0 Å². The van der Waals surface area contributed by atoms with Crippen LogP contribution >= 0.6 is 0 Å². The molecule has 12 heavy (non-hydrogen) atoms. The normalized spacial score (nSPS) is 15.9. The Hall–Kier alpha value is -0.980. The van der Waals surface area contributed by atoms with Crippen molar-refractivity contribution in [3.8, 4) is 0 Å². The number of anilines is 1. The number of nitrogens with zero attached hydrogens (tertiary/aromatic N) is 1. The van der Waals surface area contributed by atoms with Crippen LogP contribution in [0.25, 0.3) is 0 Å². The molecule has 1 aliphatic heterocycles. The zero-order valence-corrected chi connectivity index (χ0v) is 7.51. The van der Waals surface area contributed by atoms with E-state index in [0.717, 1.165) is 6.42 Å². The molecule has 1 nitrogen and oxygen atoms in total. The molecule has 1 heterocycles.